The quantitative estimate of drug-likeness (QED) is 0.782. The number of carbonyl (C=O) groups excluding carboxylic acids is 1. The number of fused-ring (bicyclic) bond motifs is 1. The molecule has 0 atom stereocenters. The van der Waals surface area contributed by atoms with Gasteiger partial charge in [0.1, 0.15) is 0 Å². The summed E-state index contributed by atoms with van der Waals surface area (Å²) in [5, 5.41) is 2.68. The predicted octanol–water partition coefficient (Wildman–Crippen LogP) is 0.394. The molecular weight excluding hydrogens is 222 g/mol. The number of nitrogens with two attached hydrogens (primary N) is 1. The van der Waals surface area contributed by atoms with Gasteiger partial charge in [-0.2, -0.15) is 4.98 Å². The number of nitrogens with one attached hydrogen (secondary N) is 1. The molecule has 0 spiro atoms. The smallest absolute Gasteiger partial charge is 0.348 e. The second-order valence-corrected chi connectivity index (χ2v) is 3.58. The van der Waals surface area contributed by atoms with Crippen molar-refractivity contribution in [3.05, 3.63) is 34.2 Å². The Hall–Kier alpha value is -2.21. The molecule has 1 aromatic heterocycles. The normalized spacial score (nSPS) is 10.5. The summed E-state index contributed by atoms with van der Waals surface area (Å²) in [4.78, 5) is 26.7. The highest BCUT2D eigenvalue weighted by Crippen LogP contribution is 2.12. The lowest BCUT2D eigenvalue weighted by Gasteiger charge is -2.02. The maximum absolute atomic E-state index is 11.6. The molecule has 0 saturated carbocycles. The fourth-order valence-electron chi connectivity index (χ4n) is 1.41. The Labute approximate surface area is 96.4 Å². The van der Waals surface area contributed by atoms with E-state index in [1.165, 1.54) is 0 Å². The maximum Gasteiger partial charge on any atom is 0.348 e. The van der Waals surface area contributed by atoms with Gasteiger partial charge >= 0.3 is 11.6 Å². The molecule has 1 aromatic carbocycles. The van der Waals surface area contributed by atoms with Crippen molar-refractivity contribution in [2.75, 3.05) is 11.9 Å². The van der Waals surface area contributed by atoms with Crippen molar-refractivity contribution in [3.63, 3.8) is 0 Å². The summed E-state index contributed by atoms with van der Waals surface area (Å²) in [6, 6.07) is 5.06. The van der Waals surface area contributed by atoms with E-state index in [-0.39, 0.29) is 12.6 Å². The standard InChI is InChI=1S/C11H11N3O3/c1-6-2-3-8-7(4-6)10(16)17-11(13-8)14-9(15)5-12/h2-4H,5,12H2,1H3,(H,13,14,15). The third kappa shape index (κ3) is 2.31. The van der Waals surface area contributed by atoms with Crippen molar-refractivity contribution in [3.8, 4) is 0 Å². The lowest BCUT2D eigenvalue weighted by Crippen LogP contribution is -2.23. The fraction of sp³-hybridized carbons (Fsp3) is 0.182. The Morgan fingerprint density at radius 3 is 3.00 bits per heavy atom. The predicted molar refractivity (Wildman–Crippen MR) is 62.7 cm³/mol. The molecule has 2 rings (SSSR count). The van der Waals surface area contributed by atoms with Gasteiger partial charge in [0.15, 0.2) is 0 Å². The summed E-state index contributed by atoms with van der Waals surface area (Å²) >= 11 is 0. The average Bonchev–Trinajstić information content (AvgIpc) is 2.30. The monoisotopic (exact) mass is 233 g/mol. The van der Waals surface area contributed by atoms with E-state index < -0.39 is 11.5 Å². The van der Waals surface area contributed by atoms with E-state index in [4.69, 9.17) is 10.2 Å². The molecule has 3 N–H and O–H groups in total. The summed E-state index contributed by atoms with van der Waals surface area (Å²) in [6.07, 6.45) is 0. The molecule has 0 bridgehead atoms. The number of hydrogen-bond acceptors (Lipinski definition) is 5. The first kappa shape index (κ1) is 11.3. The number of benzene rings is 1. The molecule has 0 radical (unpaired) electrons. The van der Waals surface area contributed by atoms with Crippen LogP contribution in [0.1, 0.15) is 5.56 Å². The molecule has 2 aromatic rings. The zero-order chi connectivity index (χ0) is 12.4. The highest BCUT2D eigenvalue weighted by atomic mass is 16.4. The number of nitrogens with zero attached hydrogens (tertiary/aromatic N) is 1. The SMILES string of the molecule is Cc1ccc2nc(NC(=O)CN)oc(=O)c2c1. The van der Waals surface area contributed by atoms with E-state index in [2.05, 4.69) is 10.3 Å². The Morgan fingerprint density at radius 1 is 1.53 bits per heavy atom. The number of anilines is 1. The van der Waals surface area contributed by atoms with E-state index in [1.807, 2.05) is 13.0 Å². The van der Waals surface area contributed by atoms with E-state index >= 15 is 0 Å². The van der Waals surface area contributed by atoms with Gasteiger partial charge in [0.2, 0.25) is 5.91 Å². The van der Waals surface area contributed by atoms with Gasteiger partial charge in [0, 0.05) is 0 Å². The second kappa shape index (κ2) is 4.34. The average molecular weight is 233 g/mol. The molecule has 0 aliphatic rings. The van der Waals surface area contributed by atoms with E-state index in [0.29, 0.717) is 10.9 Å². The van der Waals surface area contributed by atoms with Gasteiger partial charge in [0.05, 0.1) is 17.4 Å². The summed E-state index contributed by atoms with van der Waals surface area (Å²) in [5.74, 6) is -0.466. The molecule has 17 heavy (non-hydrogen) atoms. The third-order valence-electron chi connectivity index (χ3n) is 2.22. The van der Waals surface area contributed by atoms with E-state index in [1.54, 1.807) is 12.1 Å². The first-order valence-electron chi connectivity index (χ1n) is 5.01. The molecule has 88 valence electrons. The molecule has 0 fully saturated rings. The van der Waals surface area contributed by atoms with Crippen LogP contribution >= 0.6 is 0 Å². The van der Waals surface area contributed by atoms with E-state index in [9.17, 15) is 9.59 Å². The summed E-state index contributed by atoms with van der Waals surface area (Å²) in [6.45, 7) is 1.67. The van der Waals surface area contributed by atoms with Gasteiger partial charge in [-0.3, -0.25) is 10.1 Å². The highest BCUT2D eigenvalue weighted by molar-refractivity contribution is 5.90. The molecule has 0 saturated heterocycles. The van der Waals surface area contributed by atoms with Gasteiger partial charge in [-0.1, -0.05) is 11.6 Å². The highest BCUT2D eigenvalue weighted by Gasteiger charge is 2.08. The van der Waals surface area contributed by atoms with E-state index in [0.717, 1.165) is 5.56 Å². The molecular formula is C11H11N3O3. The van der Waals surface area contributed by atoms with Crippen LogP contribution in [-0.4, -0.2) is 17.4 Å². The van der Waals surface area contributed by atoms with Gasteiger partial charge < -0.3 is 10.2 Å². The van der Waals surface area contributed by atoms with Crippen LogP contribution in [-0.2, 0) is 4.79 Å². The van der Waals surface area contributed by atoms with Crippen molar-refractivity contribution >= 4 is 22.8 Å². The van der Waals surface area contributed by atoms with Crippen molar-refractivity contribution in [2.24, 2.45) is 5.73 Å². The zero-order valence-corrected chi connectivity index (χ0v) is 9.19. The third-order valence-corrected chi connectivity index (χ3v) is 2.22. The van der Waals surface area contributed by atoms with Crippen LogP contribution in [0.2, 0.25) is 0 Å². The van der Waals surface area contributed by atoms with Crippen LogP contribution in [0.4, 0.5) is 6.01 Å². The largest absolute Gasteiger partial charge is 0.388 e. The number of aryl methyl sites for hydroxylation is 1. The topological polar surface area (TPSA) is 98.2 Å². The zero-order valence-electron chi connectivity index (χ0n) is 9.19. The first-order chi connectivity index (χ1) is 8.10. The maximum atomic E-state index is 11.6. The lowest BCUT2D eigenvalue weighted by molar-refractivity contribution is -0.115. The number of hydrogen-bond donors (Lipinski definition) is 2. The number of amides is 1. The van der Waals surface area contributed by atoms with Crippen LogP contribution in [0, 0.1) is 6.92 Å². The first-order valence-corrected chi connectivity index (χ1v) is 5.01. The van der Waals surface area contributed by atoms with Crippen LogP contribution in [0.5, 0.6) is 0 Å². The van der Waals surface area contributed by atoms with Crippen molar-refractivity contribution in [2.45, 2.75) is 6.92 Å². The molecule has 6 heteroatoms. The molecule has 6 nitrogen and oxygen atoms in total. The Kier molecular flexibility index (Phi) is 2.88. The van der Waals surface area contributed by atoms with Gasteiger partial charge in [-0.25, -0.2) is 4.79 Å². The summed E-state index contributed by atoms with van der Waals surface area (Å²) in [5.41, 5.74) is 6.00. The van der Waals surface area contributed by atoms with Crippen molar-refractivity contribution in [1.29, 1.82) is 0 Å². The van der Waals surface area contributed by atoms with Gasteiger partial charge in [0.25, 0.3) is 0 Å². The lowest BCUT2D eigenvalue weighted by atomic mass is 10.2. The Morgan fingerprint density at radius 2 is 2.29 bits per heavy atom. The minimum atomic E-state index is -0.536. The molecule has 0 aliphatic heterocycles. The molecule has 0 unspecified atom stereocenters. The van der Waals surface area contributed by atoms with Crippen LogP contribution in [0.25, 0.3) is 10.9 Å². The van der Waals surface area contributed by atoms with Crippen molar-refractivity contribution in [1.82, 2.24) is 4.98 Å². The second-order valence-electron chi connectivity index (χ2n) is 3.58. The molecule has 0 aliphatic carbocycles. The van der Waals surface area contributed by atoms with Crippen molar-refractivity contribution < 1.29 is 9.21 Å². The molecule has 1 heterocycles. The minimum absolute atomic E-state index is 0.137. The van der Waals surface area contributed by atoms with Crippen LogP contribution in [0.15, 0.2) is 27.4 Å². The van der Waals surface area contributed by atoms with Gasteiger partial charge in [-0.05, 0) is 19.1 Å². The Bertz CT molecular complexity index is 633. The van der Waals surface area contributed by atoms with Gasteiger partial charge in [-0.15, -0.1) is 0 Å². The number of carbonyl (C=O) groups is 1. The molecule has 1 amide bonds. The summed E-state index contributed by atoms with van der Waals surface area (Å²) < 4.78 is 4.86. The summed E-state index contributed by atoms with van der Waals surface area (Å²) in [7, 11) is 0. The number of aromatic nitrogens is 1. The Balaban J connectivity index is 2.52. The number of rotatable bonds is 2. The van der Waals surface area contributed by atoms with Crippen LogP contribution < -0.4 is 16.7 Å². The fourth-order valence-corrected chi connectivity index (χ4v) is 1.41. The minimum Gasteiger partial charge on any atom is -0.388 e. The van der Waals surface area contributed by atoms with Crippen LogP contribution in [0.3, 0.4) is 0 Å².